The monoisotopic (exact) mass is 119 g/mol. The number of nitrogens with zero attached hydrogens (tertiary/aromatic N) is 3. The second kappa shape index (κ2) is 1.51. The molecule has 0 saturated carbocycles. The molecule has 0 aliphatic rings. The molecule has 1 radical (unpaired) electrons. The lowest BCUT2D eigenvalue weighted by molar-refractivity contribution is 1.05. The van der Waals surface area contributed by atoms with Crippen LogP contribution in [0.1, 0.15) is 0 Å². The van der Waals surface area contributed by atoms with Crippen LogP contribution in [0.4, 0.5) is 0 Å². The van der Waals surface area contributed by atoms with E-state index in [0.29, 0.717) is 0 Å². The largest absolute Gasteiger partial charge is 0.334 e. The summed E-state index contributed by atoms with van der Waals surface area (Å²) in [4.78, 5) is 6.62. The lowest BCUT2D eigenvalue weighted by Crippen LogP contribution is -1.76. The molecule has 0 saturated heterocycles. The fraction of sp³-hybridized carbons (Fsp3) is 0. The van der Waals surface area contributed by atoms with Crippen molar-refractivity contribution >= 4 is 11.0 Å². The highest BCUT2D eigenvalue weighted by molar-refractivity contribution is 5.71. The van der Waals surface area contributed by atoms with Crippen LogP contribution in [0.25, 0.3) is 11.0 Å². The van der Waals surface area contributed by atoms with Crippen molar-refractivity contribution in [2.45, 2.75) is 0 Å². The zero-order chi connectivity index (χ0) is 6.10. The zero-order valence-electron chi connectivity index (χ0n) is 4.50. The summed E-state index contributed by atoms with van der Waals surface area (Å²) < 4.78 is 0. The maximum Gasteiger partial charge on any atom is 0.174 e. The smallest absolute Gasteiger partial charge is 0.174 e. The van der Waals surface area contributed by atoms with E-state index in [1.54, 1.807) is 12.4 Å². The molecule has 2 aromatic rings. The highest BCUT2D eigenvalue weighted by Gasteiger charge is 1.91. The number of H-pyrrole nitrogens is 1. The predicted octanol–water partition coefficient (Wildman–Crippen LogP) is 0.153. The van der Waals surface area contributed by atoms with Crippen LogP contribution in [-0.2, 0) is 0 Å². The molecule has 0 atom stereocenters. The molecule has 0 amide bonds. The second-order valence-corrected chi connectivity index (χ2v) is 1.64. The number of aromatic nitrogens is 4. The third kappa shape index (κ3) is 0.561. The summed E-state index contributed by atoms with van der Waals surface area (Å²) in [6, 6.07) is 0. The van der Waals surface area contributed by atoms with Crippen molar-refractivity contribution in [3.05, 3.63) is 18.7 Å². The average Bonchev–Trinajstić information content (AvgIpc) is 2.33. The molecule has 0 aliphatic carbocycles. The Labute approximate surface area is 50.9 Å². The van der Waals surface area contributed by atoms with Gasteiger partial charge in [-0.3, -0.25) is 0 Å². The minimum absolute atomic E-state index is 0.796. The van der Waals surface area contributed by atoms with Crippen molar-refractivity contribution < 1.29 is 0 Å². The van der Waals surface area contributed by atoms with Crippen molar-refractivity contribution in [1.82, 2.24) is 20.2 Å². The Hall–Kier alpha value is -1.45. The van der Waals surface area contributed by atoms with E-state index in [-0.39, 0.29) is 0 Å². The number of rotatable bonds is 0. The molecule has 2 aromatic heterocycles. The van der Waals surface area contributed by atoms with E-state index in [9.17, 15) is 0 Å². The van der Waals surface area contributed by atoms with E-state index >= 15 is 0 Å². The Morgan fingerprint density at radius 3 is 3.11 bits per heavy atom. The van der Waals surface area contributed by atoms with Gasteiger partial charge in [0.1, 0.15) is 5.52 Å². The molecule has 4 nitrogen and oxygen atoms in total. The lowest BCUT2D eigenvalue weighted by atomic mass is 10.5. The van der Waals surface area contributed by atoms with Crippen molar-refractivity contribution in [1.29, 1.82) is 0 Å². The summed E-state index contributed by atoms with van der Waals surface area (Å²) in [5.74, 6) is 0. The first-order valence-corrected chi connectivity index (χ1v) is 2.49. The first-order valence-electron chi connectivity index (χ1n) is 2.49. The fourth-order valence-corrected chi connectivity index (χ4v) is 0.649. The topological polar surface area (TPSA) is 54.5 Å². The molecule has 1 N–H and O–H groups in total. The molecule has 0 spiro atoms. The van der Waals surface area contributed by atoms with Gasteiger partial charge in [-0.1, -0.05) is 0 Å². The van der Waals surface area contributed by atoms with Crippen LogP contribution in [0, 0.1) is 6.33 Å². The number of aromatic amines is 1. The van der Waals surface area contributed by atoms with Crippen LogP contribution >= 0.6 is 0 Å². The van der Waals surface area contributed by atoms with Gasteiger partial charge in [0.25, 0.3) is 0 Å². The molecular weight excluding hydrogens is 116 g/mol. The summed E-state index contributed by atoms with van der Waals surface area (Å²) in [6.07, 6.45) is 5.78. The summed E-state index contributed by atoms with van der Waals surface area (Å²) >= 11 is 0. The fourth-order valence-electron chi connectivity index (χ4n) is 0.649. The third-order valence-electron chi connectivity index (χ3n) is 1.08. The Bertz CT molecular complexity index is 283. The van der Waals surface area contributed by atoms with Crippen LogP contribution in [0.15, 0.2) is 12.4 Å². The van der Waals surface area contributed by atoms with Crippen LogP contribution < -0.4 is 0 Å². The van der Waals surface area contributed by atoms with Crippen molar-refractivity contribution in [3.63, 3.8) is 0 Å². The van der Waals surface area contributed by atoms with E-state index in [4.69, 9.17) is 0 Å². The maximum atomic E-state index is 3.84. The second-order valence-electron chi connectivity index (χ2n) is 1.64. The van der Waals surface area contributed by atoms with E-state index < -0.39 is 0 Å². The highest BCUT2D eigenvalue weighted by atomic mass is 15.1. The van der Waals surface area contributed by atoms with E-state index in [1.807, 2.05) is 0 Å². The summed E-state index contributed by atoms with van der Waals surface area (Å²) in [5, 5.41) is 7.28. The molecule has 43 valence electrons. The molecule has 9 heavy (non-hydrogen) atoms. The van der Waals surface area contributed by atoms with Crippen LogP contribution in [-0.4, -0.2) is 20.2 Å². The number of hydrogen-bond donors (Lipinski definition) is 1. The molecule has 0 fully saturated rings. The number of fused-ring (bicyclic) bond motifs is 1. The highest BCUT2D eigenvalue weighted by Crippen LogP contribution is 2.00. The average molecular weight is 119 g/mol. The van der Waals surface area contributed by atoms with E-state index in [1.165, 1.54) is 0 Å². The van der Waals surface area contributed by atoms with Crippen LogP contribution in [0.5, 0.6) is 0 Å². The van der Waals surface area contributed by atoms with E-state index in [2.05, 4.69) is 26.5 Å². The van der Waals surface area contributed by atoms with Crippen molar-refractivity contribution in [2.24, 2.45) is 0 Å². The van der Waals surface area contributed by atoms with Gasteiger partial charge in [0.15, 0.2) is 6.33 Å². The summed E-state index contributed by atoms with van der Waals surface area (Å²) in [6.45, 7) is 0. The minimum atomic E-state index is 0.796. The molecule has 4 heteroatoms. The molecule has 0 unspecified atom stereocenters. The predicted molar refractivity (Wildman–Crippen MR) is 30.5 cm³/mol. The summed E-state index contributed by atoms with van der Waals surface area (Å²) in [7, 11) is 0. The molecule has 0 aliphatic heterocycles. The number of nitrogens with one attached hydrogen (secondary N) is 1. The minimum Gasteiger partial charge on any atom is -0.334 e. The van der Waals surface area contributed by atoms with Gasteiger partial charge in [0, 0.05) is 0 Å². The Balaban J connectivity index is 2.95. The first kappa shape index (κ1) is 4.43. The summed E-state index contributed by atoms with van der Waals surface area (Å²) in [5.41, 5.74) is 1.66. The Morgan fingerprint density at radius 1 is 1.33 bits per heavy atom. The normalized spacial score (nSPS) is 10.2. The van der Waals surface area contributed by atoms with Crippen LogP contribution in [0.2, 0.25) is 0 Å². The van der Waals surface area contributed by atoms with E-state index in [0.717, 1.165) is 11.0 Å². The number of hydrogen-bond acceptors (Lipinski definition) is 3. The Kier molecular flexibility index (Phi) is 0.745. The maximum absolute atomic E-state index is 3.84. The van der Waals surface area contributed by atoms with Gasteiger partial charge < -0.3 is 4.98 Å². The van der Waals surface area contributed by atoms with Gasteiger partial charge in [0.05, 0.1) is 17.9 Å². The zero-order valence-corrected chi connectivity index (χ0v) is 4.50. The van der Waals surface area contributed by atoms with Crippen LogP contribution in [0.3, 0.4) is 0 Å². The standard InChI is InChI=1S/C5H3N4/c1-4-5(2-9-8-1)7-3-6-4/h1-2H,(H,6,7). The quantitative estimate of drug-likeness (QED) is 0.537. The van der Waals surface area contributed by atoms with Gasteiger partial charge in [-0.2, -0.15) is 10.2 Å². The molecule has 0 aromatic carbocycles. The van der Waals surface area contributed by atoms with Gasteiger partial charge >= 0.3 is 0 Å². The Morgan fingerprint density at radius 2 is 2.22 bits per heavy atom. The van der Waals surface area contributed by atoms with Gasteiger partial charge in [-0.05, 0) is 0 Å². The molecular formula is C5H3N4. The third-order valence-corrected chi connectivity index (χ3v) is 1.08. The molecule has 0 bridgehead atoms. The molecule has 2 rings (SSSR count). The van der Waals surface area contributed by atoms with Gasteiger partial charge in [-0.25, -0.2) is 4.98 Å². The lowest BCUT2D eigenvalue weighted by Gasteiger charge is -1.79. The van der Waals surface area contributed by atoms with Crippen molar-refractivity contribution in [2.75, 3.05) is 0 Å². The van der Waals surface area contributed by atoms with Gasteiger partial charge in [-0.15, -0.1) is 0 Å². The van der Waals surface area contributed by atoms with Gasteiger partial charge in [0.2, 0.25) is 0 Å². The first-order chi connectivity index (χ1) is 4.47. The molecule has 2 heterocycles. The van der Waals surface area contributed by atoms with Crippen molar-refractivity contribution in [3.8, 4) is 0 Å². The number of imidazole rings is 1. The SMILES string of the molecule is [c]1nc2cnncc2[nH]1.